The topological polar surface area (TPSA) is 87.6 Å². The third kappa shape index (κ3) is 2.66. The summed E-state index contributed by atoms with van der Waals surface area (Å²) in [4.78, 5) is 0. The number of pyridine rings is 1. The molecule has 0 aliphatic heterocycles. The number of aliphatic hydroxyl groups excluding tert-OH is 3. The maximum atomic E-state index is 10.8. The average molecular weight is 199 g/mol. The molecule has 5 nitrogen and oxygen atoms in total. The monoisotopic (exact) mass is 199 g/mol. The van der Waals surface area contributed by atoms with Gasteiger partial charge in [0.25, 0.3) is 0 Å². The Morgan fingerprint density at radius 3 is 2.71 bits per heavy atom. The minimum absolute atomic E-state index is 0.0783. The molecule has 0 spiro atoms. The molecule has 1 aromatic rings. The van der Waals surface area contributed by atoms with E-state index in [9.17, 15) is 15.4 Å². The fourth-order valence-corrected chi connectivity index (χ4v) is 1.16. The Hall–Kier alpha value is -1.17. The van der Waals surface area contributed by atoms with E-state index < -0.39 is 12.2 Å². The van der Waals surface area contributed by atoms with Crippen LogP contribution in [0.15, 0.2) is 24.5 Å². The third-order valence-corrected chi connectivity index (χ3v) is 1.93. The van der Waals surface area contributed by atoms with E-state index in [1.165, 1.54) is 18.5 Å². The number of nitrogens with zero attached hydrogens (tertiary/aromatic N) is 1. The van der Waals surface area contributed by atoms with Crippen molar-refractivity contribution in [2.24, 2.45) is 0 Å². The summed E-state index contributed by atoms with van der Waals surface area (Å²) in [5.74, 6) is 0. The number of hydrogen-bond acceptors (Lipinski definition) is 4. The molecule has 0 radical (unpaired) electrons. The van der Waals surface area contributed by atoms with Crippen molar-refractivity contribution in [2.75, 3.05) is 6.61 Å². The predicted octanol–water partition coefficient (Wildman–Crippen LogP) is -0.903. The molecule has 0 amide bonds. The van der Waals surface area contributed by atoms with Crippen LogP contribution in [0.2, 0.25) is 0 Å². The zero-order valence-corrected chi connectivity index (χ0v) is 7.58. The molecule has 2 atom stereocenters. The molecular formula is C9H13NO4. The number of hydrogen-bond donors (Lipinski definition) is 3. The molecule has 0 fully saturated rings. The molecule has 1 heterocycles. The van der Waals surface area contributed by atoms with Crippen LogP contribution in [-0.2, 0) is 0 Å². The quantitative estimate of drug-likeness (QED) is 0.433. The minimum Gasteiger partial charge on any atom is -0.619 e. The summed E-state index contributed by atoms with van der Waals surface area (Å²) < 4.78 is 0.546. The highest BCUT2D eigenvalue weighted by molar-refractivity contribution is 5.10. The second kappa shape index (κ2) is 4.90. The van der Waals surface area contributed by atoms with Gasteiger partial charge in [0.2, 0.25) is 0 Å². The van der Waals surface area contributed by atoms with Gasteiger partial charge in [-0.25, -0.2) is 0 Å². The summed E-state index contributed by atoms with van der Waals surface area (Å²) in [6.07, 6.45) is 0.361. The van der Waals surface area contributed by atoms with E-state index in [0.29, 0.717) is 10.3 Å². The van der Waals surface area contributed by atoms with Crippen LogP contribution >= 0.6 is 0 Å². The lowest BCUT2D eigenvalue weighted by atomic mass is 10.0. The zero-order valence-electron chi connectivity index (χ0n) is 7.58. The van der Waals surface area contributed by atoms with Crippen LogP contribution in [0.25, 0.3) is 0 Å². The second-order valence-electron chi connectivity index (χ2n) is 3.02. The molecule has 0 aliphatic rings. The standard InChI is InChI=1S/C9H13NO4/c11-5-3-8(12)9(13)7-2-1-4-10(14)6-7/h1-2,4,6,8-9,11-13H,3,5H2. The lowest BCUT2D eigenvalue weighted by molar-refractivity contribution is -0.606. The van der Waals surface area contributed by atoms with E-state index in [1.54, 1.807) is 6.07 Å². The van der Waals surface area contributed by atoms with E-state index in [0.717, 1.165) is 0 Å². The highest BCUT2D eigenvalue weighted by Gasteiger charge is 2.19. The first-order valence-corrected chi connectivity index (χ1v) is 4.31. The van der Waals surface area contributed by atoms with Gasteiger partial charge < -0.3 is 20.5 Å². The highest BCUT2D eigenvalue weighted by atomic mass is 16.5. The van der Waals surface area contributed by atoms with Crippen molar-refractivity contribution in [1.82, 2.24) is 0 Å². The molecule has 1 rings (SSSR count). The average Bonchev–Trinajstić information content (AvgIpc) is 2.17. The van der Waals surface area contributed by atoms with E-state index in [2.05, 4.69) is 0 Å². The lowest BCUT2D eigenvalue weighted by Crippen LogP contribution is -2.28. The Balaban J connectivity index is 2.73. The van der Waals surface area contributed by atoms with Crippen LogP contribution in [0.5, 0.6) is 0 Å². The van der Waals surface area contributed by atoms with Crippen LogP contribution in [-0.4, -0.2) is 28.0 Å². The van der Waals surface area contributed by atoms with Crippen LogP contribution in [0.4, 0.5) is 0 Å². The molecule has 3 N–H and O–H groups in total. The van der Waals surface area contributed by atoms with Gasteiger partial charge >= 0.3 is 0 Å². The van der Waals surface area contributed by atoms with Crippen molar-refractivity contribution in [3.8, 4) is 0 Å². The van der Waals surface area contributed by atoms with Crippen LogP contribution in [0, 0.1) is 5.21 Å². The van der Waals surface area contributed by atoms with Crippen molar-refractivity contribution in [2.45, 2.75) is 18.6 Å². The first-order chi connectivity index (χ1) is 6.65. The molecule has 0 saturated heterocycles. The van der Waals surface area contributed by atoms with Gasteiger partial charge in [-0.2, -0.15) is 4.73 Å². The first-order valence-electron chi connectivity index (χ1n) is 4.31. The summed E-state index contributed by atoms with van der Waals surface area (Å²) >= 11 is 0. The van der Waals surface area contributed by atoms with E-state index in [4.69, 9.17) is 5.11 Å². The molecule has 0 bridgehead atoms. The van der Waals surface area contributed by atoms with E-state index >= 15 is 0 Å². The van der Waals surface area contributed by atoms with Crippen LogP contribution < -0.4 is 4.73 Å². The Labute approximate surface area is 81.5 Å². The Bertz CT molecular complexity index is 292. The molecule has 1 aromatic heterocycles. The SMILES string of the molecule is [O-][n+]1cccc(C(O)C(O)CCO)c1. The fraction of sp³-hybridized carbons (Fsp3) is 0.444. The van der Waals surface area contributed by atoms with Crippen LogP contribution in [0.3, 0.4) is 0 Å². The Morgan fingerprint density at radius 1 is 1.43 bits per heavy atom. The summed E-state index contributed by atoms with van der Waals surface area (Å²) in [5.41, 5.74) is 0.337. The highest BCUT2D eigenvalue weighted by Crippen LogP contribution is 2.16. The minimum atomic E-state index is -1.14. The van der Waals surface area contributed by atoms with E-state index in [1.807, 2.05) is 0 Å². The number of aromatic nitrogens is 1. The van der Waals surface area contributed by atoms with Crippen LogP contribution in [0.1, 0.15) is 18.1 Å². The Morgan fingerprint density at radius 2 is 2.14 bits per heavy atom. The van der Waals surface area contributed by atoms with Crippen molar-refractivity contribution < 1.29 is 20.0 Å². The van der Waals surface area contributed by atoms with Gasteiger partial charge in [0.15, 0.2) is 12.4 Å². The maximum Gasteiger partial charge on any atom is 0.186 e. The summed E-state index contributed by atoms with van der Waals surface area (Å²) in [5, 5.41) is 38.3. The molecule has 14 heavy (non-hydrogen) atoms. The summed E-state index contributed by atoms with van der Waals surface area (Å²) in [6.45, 7) is -0.206. The fourth-order valence-electron chi connectivity index (χ4n) is 1.16. The van der Waals surface area contributed by atoms with Crippen molar-refractivity contribution in [3.63, 3.8) is 0 Å². The largest absolute Gasteiger partial charge is 0.619 e. The van der Waals surface area contributed by atoms with Crippen molar-refractivity contribution in [1.29, 1.82) is 0 Å². The lowest BCUT2D eigenvalue weighted by Gasteiger charge is -2.15. The summed E-state index contributed by atoms with van der Waals surface area (Å²) in [7, 11) is 0. The van der Waals surface area contributed by atoms with Crippen molar-refractivity contribution >= 4 is 0 Å². The number of rotatable bonds is 4. The maximum absolute atomic E-state index is 10.8. The van der Waals surface area contributed by atoms with Gasteiger partial charge in [0.1, 0.15) is 6.10 Å². The second-order valence-corrected chi connectivity index (χ2v) is 3.02. The van der Waals surface area contributed by atoms with Gasteiger partial charge in [-0.3, -0.25) is 0 Å². The van der Waals surface area contributed by atoms with Crippen molar-refractivity contribution in [3.05, 3.63) is 35.3 Å². The molecular weight excluding hydrogens is 186 g/mol. The molecule has 0 saturated carbocycles. The normalized spacial score (nSPS) is 15.1. The molecule has 78 valence electrons. The molecule has 2 unspecified atom stereocenters. The predicted molar refractivity (Wildman–Crippen MR) is 48.1 cm³/mol. The number of aliphatic hydroxyl groups is 3. The van der Waals surface area contributed by atoms with Gasteiger partial charge in [-0.05, 0) is 12.5 Å². The molecule has 5 heteroatoms. The van der Waals surface area contributed by atoms with Gasteiger partial charge in [0, 0.05) is 18.2 Å². The summed E-state index contributed by atoms with van der Waals surface area (Å²) in [6, 6.07) is 3.02. The van der Waals surface area contributed by atoms with Gasteiger partial charge in [0.05, 0.1) is 6.10 Å². The van der Waals surface area contributed by atoms with Gasteiger partial charge in [-0.1, -0.05) is 0 Å². The third-order valence-electron chi connectivity index (χ3n) is 1.93. The zero-order chi connectivity index (χ0) is 10.6. The first kappa shape index (κ1) is 10.9. The Kier molecular flexibility index (Phi) is 3.82. The molecule has 0 aromatic carbocycles. The van der Waals surface area contributed by atoms with E-state index in [-0.39, 0.29) is 13.0 Å². The van der Waals surface area contributed by atoms with Gasteiger partial charge in [-0.15, -0.1) is 0 Å². The molecule has 0 aliphatic carbocycles. The smallest absolute Gasteiger partial charge is 0.186 e.